The summed E-state index contributed by atoms with van der Waals surface area (Å²) < 4.78 is 0. The molecular formula is C40H135B7NY7. The van der Waals surface area contributed by atoms with Gasteiger partial charge in [0.25, 0.3) is 0 Å². The average Bonchev–Trinajstić information content (AvgIpc) is 2.58. The van der Waals surface area contributed by atoms with Crippen LogP contribution in [0.1, 0.15) is 191 Å². The standard InChI is InChI=1S/C6H15B3N.2C5H12B2.24CH4.7Y/c1-7-4-10(5-8-2)6-9-3;2*1-6-4-3-5-7-2;;;;;;;;;;;;;;;;;;;;;;;;;;;;;;;/h4-6H2,1-3H3;2*3-5H2,1-2H3;24*1H4;;;;;;;. The van der Waals surface area contributed by atoms with Crippen LogP contribution in [0.15, 0.2) is 0 Å². The Hall–Kier alpha value is 8.14. The Morgan fingerprint density at radius 3 is 0.400 bits per heavy atom. The van der Waals surface area contributed by atoms with Gasteiger partial charge in [0.15, 0.2) is 0 Å². The van der Waals surface area contributed by atoms with E-state index in [2.05, 4.69) is 104 Å². The quantitative estimate of drug-likeness (QED) is 0.124. The molecule has 0 atom stereocenters. The second-order valence-electron chi connectivity index (χ2n) is 5.94. The zero-order valence-corrected chi connectivity index (χ0v) is 41.8. The van der Waals surface area contributed by atoms with Gasteiger partial charge in [0.1, 0.15) is 51.0 Å². The van der Waals surface area contributed by atoms with Crippen LogP contribution in [-0.2, 0) is 229 Å². The van der Waals surface area contributed by atoms with Crippen LogP contribution in [-0.4, -0.2) is 75.2 Å². The second kappa shape index (κ2) is 315. The molecule has 0 aliphatic carbocycles. The van der Waals surface area contributed by atoms with Crippen molar-refractivity contribution >= 4 is 51.0 Å². The molecule has 1 nitrogen and oxygen atoms in total. The van der Waals surface area contributed by atoms with E-state index in [1.807, 2.05) is 0 Å². The molecule has 0 heterocycles. The SMILES string of the molecule is C.C.C.C.C.C.C.C.C.C.C.C.C.C.C.C.C.C.C.C.C.C.C.C.C[B]CCC[B]C.C[B]CCC[B]C.C[B]CN(C[B]C)C[B]C.[Y].[Y].[Y].[Y].[Y].[Y].[Y]. The Balaban J connectivity index is -0.00000000295. The average molecular weight is 1330 g/mol. The van der Waals surface area contributed by atoms with Crippen molar-refractivity contribution in [3.8, 4) is 0 Å². The molecule has 0 unspecified atom stereocenters. The normalized spacial score (nSPS) is 3.85. The molecule has 15 heteroatoms. The van der Waals surface area contributed by atoms with E-state index in [1.54, 1.807) is 0 Å². The summed E-state index contributed by atoms with van der Waals surface area (Å²) in [5.74, 6) is 0. The summed E-state index contributed by atoms with van der Waals surface area (Å²) in [7, 11) is 15.4. The van der Waals surface area contributed by atoms with E-state index in [0.717, 1.165) is 19.3 Å². The first-order valence-corrected chi connectivity index (χ1v) is 9.85. The summed E-state index contributed by atoms with van der Waals surface area (Å²) in [4.78, 5) is 2.38. The number of hydrogen-bond donors (Lipinski definition) is 0. The van der Waals surface area contributed by atoms with Crippen molar-refractivity contribution in [1.82, 2.24) is 4.90 Å². The van der Waals surface area contributed by atoms with Crippen LogP contribution in [0.5, 0.6) is 0 Å². The van der Waals surface area contributed by atoms with E-state index in [9.17, 15) is 0 Å². The van der Waals surface area contributed by atoms with Crippen molar-refractivity contribution in [2.75, 3.05) is 19.3 Å². The van der Waals surface area contributed by atoms with Crippen molar-refractivity contribution in [2.24, 2.45) is 0 Å². The van der Waals surface area contributed by atoms with Gasteiger partial charge in [-0.3, -0.25) is 0 Å². The van der Waals surface area contributed by atoms with Crippen LogP contribution < -0.4 is 0 Å². The van der Waals surface area contributed by atoms with Gasteiger partial charge in [0.2, 0.25) is 0 Å². The molecule has 0 rings (SSSR count). The fourth-order valence-corrected chi connectivity index (χ4v) is 2.05. The molecule has 0 saturated carbocycles. The topological polar surface area (TPSA) is 3.24 Å². The molecule has 0 spiro atoms. The maximum atomic E-state index is 2.38. The van der Waals surface area contributed by atoms with E-state index in [4.69, 9.17) is 0 Å². The molecule has 0 aromatic rings. The van der Waals surface area contributed by atoms with Crippen molar-refractivity contribution in [2.45, 2.75) is 264 Å². The van der Waals surface area contributed by atoms with E-state index in [0.29, 0.717) is 0 Å². The van der Waals surface area contributed by atoms with Crippen LogP contribution in [0.25, 0.3) is 0 Å². The minimum atomic E-state index is 0. The Labute approximate surface area is 557 Å². The maximum Gasteiger partial charge on any atom is 0.125 e. The number of nitrogens with zero attached hydrogens (tertiary/aromatic N) is 1. The predicted octanol–water partition coefficient (Wildman–Crippen LogP) is 19.1. The molecule has 55 heavy (non-hydrogen) atoms. The Bertz CT molecular complexity index is 195. The van der Waals surface area contributed by atoms with Crippen LogP contribution in [0, 0.1) is 0 Å². The molecule has 0 aromatic carbocycles. The first-order valence-electron chi connectivity index (χ1n) is 9.85. The van der Waals surface area contributed by atoms with Gasteiger partial charge in [0.05, 0.1) is 0 Å². The fourth-order valence-electron chi connectivity index (χ4n) is 2.05. The predicted molar refractivity (Wildman–Crippen MR) is 288 cm³/mol. The molecule has 0 aliphatic rings. The summed E-state index contributed by atoms with van der Waals surface area (Å²) in [6, 6.07) is 0. The van der Waals surface area contributed by atoms with Crippen LogP contribution in [0.3, 0.4) is 0 Å². The summed E-state index contributed by atoms with van der Waals surface area (Å²) >= 11 is 0. The molecule has 342 valence electrons. The molecule has 0 aromatic heterocycles. The van der Waals surface area contributed by atoms with Crippen molar-refractivity contribution < 1.29 is 229 Å². The fraction of sp³-hybridized carbons (Fsp3) is 1.00. The molecular weight excluding hydrogens is 1190 g/mol. The summed E-state index contributed by atoms with van der Waals surface area (Å²) in [6.45, 7) is 14.7. The van der Waals surface area contributed by atoms with E-state index < -0.39 is 0 Å². The Morgan fingerprint density at radius 2 is 0.327 bits per heavy atom. The van der Waals surface area contributed by atoms with E-state index in [1.165, 1.54) is 38.1 Å². The van der Waals surface area contributed by atoms with Crippen LogP contribution in [0.2, 0.25) is 73.0 Å². The third kappa shape index (κ3) is 356. The number of rotatable bonds is 14. The number of hydrogen-bond acceptors (Lipinski definition) is 1. The monoisotopic (exact) mass is 1330 g/mol. The maximum absolute atomic E-state index is 2.38. The minimum Gasteiger partial charge on any atom is -0.327 e. The van der Waals surface area contributed by atoms with Gasteiger partial charge in [-0.15, -0.1) is 0 Å². The van der Waals surface area contributed by atoms with Crippen molar-refractivity contribution in [3.63, 3.8) is 0 Å². The van der Waals surface area contributed by atoms with Crippen LogP contribution >= 0.6 is 0 Å². The summed E-state index contributed by atoms with van der Waals surface area (Å²) in [5, 5.41) is 0. The van der Waals surface area contributed by atoms with Crippen molar-refractivity contribution in [1.29, 1.82) is 0 Å². The smallest absolute Gasteiger partial charge is 0.125 e. The third-order valence-electron chi connectivity index (χ3n) is 3.29. The van der Waals surface area contributed by atoms with Gasteiger partial charge in [-0.25, -0.2) is 0 Å². The minimum absolute atomic E-state index is 0. The van der Waals surface area contributed by atoms with Gasteiger partial charge in [-0.1, -0.05) is 264 Å². The Morgan fingerprint density at radius 1 is 0.218 bits per heavy atom. The second-order valence-corrected chi connectivity index (χ2v) is 5.94. The Kier molecular flexibility index (Phi) is 1650. The first-order chi connectivity index (χ1) is 11.7. The molecule has 0 amide bonds. The van der Waals surface area contributed by atoms with Crippen LogP contribution in [0.4, 0.5) is 0 Å². The van der Waals surface area contributed by atoms with Gasteiger partial charge in [-0.05, 0) is 19.3 Å². The van der Waals surface area contributed by atoms with Gasteiger partial charge in [0, 0.05) is 229 Å². The molecule has 0 aliphatic heterocycles. The summed E-state index contributed by atoms with van der Waals surface area (Å²) in [5.41, 5.74) is 0. The molecule has 0 N–H and O–H groups in total. The van der Waals surface area contributed by atoms with Gasteiger partial charge in [-0.2, -0.15) is 0 Å². The summed E-state index contributed by atoms with van der Waals surface area (Å²) in [6.07, 6.45) is 11.0. The third-order valence-corrected chi connectivity index (χ3v) is 3.29. The van der Waals surface area contributed by atoms with Gasteiger partial charge < -0.3 is 4.90 Å². The van der Waals surface area contributed by atoms with Crippen molar-refractivity contribution in [3.05, 3.63) is 0 Å². The van der Waals surface area contributed by atoms with Gasteiger partial charge >= 0.3 is 0 Å². The zero-order chi connectivity index (χ0) is 18.9. The molecule has 0 saturated heterocycles. The van der Waals surface area contributed by atoms with E-state index in [-0.39, 0.29) is 407 Å². The first kappa shape index (κ1) is 287. The molecule has 0 bridgehead atoms. The molecule has 0 fully saturated rings. The molecule has 14 radical (unpaired) electrons. The zero-order valence-electron chi connectivity index (χ0n) is 21.9. The largest absolute Gasteiger partial charge is 0.327 e. The van der Waals surface area contributed by atoms with E-state index >= 15 is 0 Å².